The second-order valence-electron chi connectivity index (χ2n) is 5.88. The molecule has 0 saturated carbocycles. The number of hydrogen-bond donors (Lipinski definition) is 3. The van der Waals surface area contributed by atoms with Gasteiger partial charge in [-0.25, -0.2) is 9.18 Å². The fourth-order valence-corrected chi connectivity index (χ4v) is 2.49. The van der Waals surface area contributed by atoms with E-state index in [4.69, 9.17) is 5.11 Å². The van der Waals surface area contributed by atoms with Crippen molar-refractivity contribution in [1.82, 2.24) is 5.32 Å². The van der Waals surface area contributed by atoms with Crippen LogP contribution in [0.15, 0.2) is 48.5 Å². The number of urea groups is 1. The van der Waals surface area contributed by atoms with Crippen molar-refractivity contribution in [3.8, 4) is 0 Å². The molecule has 0 aliphatic heterocycles. The Hall–Kier alpha value is -2.89. The maximum atomic E-state index is 13.3. The number of hydrogen-bond acceptors (Lipinski definition) is 2. The second-order valence-corrected chi connectivity index (χ2v) is 5.88. The summed E-state index contributed by atoms with van der Waals surface area (Å²) in [6.07, 6.45) is 0.778. The Balaban J connectivity index is 2.02. The molecule has 0 aliphatic rings. The average molecular weight is 344 g/mol. The van der Waals surface area contributed by atoms with Crippen LogP contribution in [-0.2, 0) is 11.2 Å². The number of halogens is 1. The summed E-state index contributed by atoms with van der Waals surface area (Å²) in [5, 5.41) is 14.3. The zero-order valence-electron chi connectivity index (χ0n) is 14.0. The van der Waals surface area contributed by atoms with Gasteiger partial charge in [0.05, 0.1) is 0 Å². The van der Waals surface area contributed by atoms with E-state index < -0.39 is 17.8 Å². The van der Waals surface area contributed by atoms with Crippen LogP contribution in [0.1, 0.15) is 24.0 Å². The summed E-state index contributed by atoms with van der Waals surface area (Å²) >= 11 is 0. The lowest BCUT2D eigenvalue weighted by Gasteiger charge is -2.19. The third-order valence-electron chi connectivity index (χ3n) is 3.81. The highest BCUT2D eigenvalue weighted by atomic mass is 19.1. The van der Waals surface area contributed by atoms with Crippen LogP contribution in [-0.4, -0.2) is 23.1 Å². The van der Waals surface area contributed by atoms with Gasteiger partial charge < -0.3 is 15.7 Å². The van der Waals surface area contributed by atoms with Gasteiger partial charge in [0.15, 0.2) is 0 Å². The monoisotopic (exact) mass is 344 g/mol. The maximum absolute atomic E-state index is 13.3. The number of carboxylic acid groups (broad SMARTS) is 1. The van der Waals surface area contributed by atoms with E-state index in [-0.39, 0.29) is 12.5 Å². The molecule has 0 saturated heterocycles. The van der Waals surface area contributed by atoms with E-state index in [1.54, 1.807) is 13.0 Å². The standard InChI is InChI=1S/C19H21FN2O3/c1-13-7-8-15(20)12-17(13)22-19(25)21-16(9-10-18(23)24)11-14-5-3-2-4-6-14/h2-8,12,16H,9-11H2,1H3,(H,23,24)(H2,21,22,25). The molecule has 0 fully saturated rings. The smallest absolute Gasteiger partial charge is 0.319 e. The summed E-state index contributed by atoms with van der Waals surface area (Å²) in [7, 11) is 0. The van der Waals surface area contributed by atoms with E-state index in [1.807, 2.05) is 30.3 Å². The summed E-state index contributed by atoms with van der Waals surface area (Å²) in [6.45, 7) is 1.76. The third-order valence-corrected chi connectivity index (χ3v) is 3.81. The normalized spacial score (nSPS) is 11.6. The zero-order valence-corrected chi connectivity index (χ0v) is 14.0. The van der Waals surface area contributed by atoms with Crippen LogP contribution in [0.2, 0.25) is 0 Å². The zero-order chi connectivity index (χ0) is 18.2. The number of aliphatic carboxylic acids is 1. The first kappa shape index (κ1) is 18.4. The van der Waals surface area contributed by atoms with E-state index in [9.17, 15) is 14.0 Å². The lowest BCUT2D eigenvalue weighted by atomic mass is 10.0. The predicted molar refractivity (Wildman–Crippen MR) is 94.1 cm³/mol. The van der Waals surface area contributed by atoms with Gasteiger partial charge in [-0.1, -0.05) is 36.4 Å². The molecule has 2 aromatic carbocycles. The van der Waals surface area contributed by atoms with Gasteiger partial charge in [-0.05, 0) is 43.0 Å². The van der Waals surface area contributed by atoms with Gasteiger partial charge in [0.25, 0.3) is 0 Å². The lowest BCUT2D eigenvalue weighted by molar-refractivity contribution is -0.137. The Morgan fingerprint density at radius 1 is 1.16 bits per heavy atom. The van der Waals surface area contributed by atoms with Crippen molar-refractivity contribution in [1.29, 1.82) is 0 Å². The van der Waals surface area contributed by atoms with Gasteiger partial charge >= 0.3 is 12.0 Å². The Morgan fingerprint density at radius 3 is 2.56 bits per heavy atom. The van der Waals surface area contributed by atoms with Gasteiger partial charge in [0.2, 0.25) is 0 Å². The molecular weight excluding hydrogens is 323 g/mol. The fraction of sp³-hybridized carbons (Fsp3) is 0.263. The topological polar surface area (TPSA) is 78.4 Å². The van der Waals surface area contributed by atoms with Crippen LogP contribution in [0, 0.1) is 12.7 Å². The van der Waals surface area contributed by atoms with Crippen molar-refractivity contribution >= 4 is 17.7 Å². The molecule has 3 N–H and O–H groups in total. The molecule has 25 heavy (non-hydrogen) atoms. The van der Waals surface area contributed by atoms with E-state index in [0.717, 1.165) is 11.1 Å². The summed E-state index contributed by atoms with van der Waals surface area (Å²) in [4.78, 5) is 23.1. The molecule has 0 heterocycles. The third kappa shape index (κ3) is 6.25. The molecule has 2 amide bonds. The molecule has 2 aromatic rings. The molecule has 0 radical (unpaired) electrons. The first-order chi connectivity index (χ1) is 11.9. The molecule has 0 bridgehead atoms. The number of anilines is 1. The van der Waals surface area contributed by atoms with Crippen molar-refractivity contribution in [2.24, 2.45) is 0 Å². The average Bonchev–Trinajstić information content (AvgIpc) is 2.57. The minimum absolute atomic E-state index is 0.0449. The minimum atomic E-state index is -0.916. The van der Waals surface area contributed by atoms with E-state index in [1.165, 1.54) is 12.1 Å². The number of carbonyl (C=O) groups is 2. The Labute approximate surface area is 145 Å². The van der Waals surface area contributed by atoms with Gasteiger partial charge in [-0.3, -0.25) is 4.79 Å². The number of benzene rings is 2. The van der Waals surface area contributed by atoms with Crippen molar-refractivity contribution in [2.75, 3.05) is 5.32 Å². The fourth-order valence-electron chi connectivity index (χ4n) is 2.49. The first-order valence-corrected chi connectivity index (χ1v) is 8.03. The summed E-state index contributed by atoms with van der Waals surface area (Å²) in [5.41, 5.74) is 2.12. The van der Waals surface area contributed by atoms with Crippen LogP contribution in [0.25, 0.3) is 0 Å². The highest BCUT2D eigenvalue weighted by molar-refractivity contribution is 5.90. The van der Waals surface area contributed by atoms with Gasteiger partial charge in [0, 0.05) is 18.2 Å². The van der Waals surface area contributed by atoms with Crippen LogP contribution in [0.3, 0.4) is 0 Å². The van der Waals surface area contributed by atoms with E-state index in [2.05, 4.69) is 10.6 Å². The quantitative estimate of drug-likeness (QED) is 0.716. The molecule has 0 aromatic heterocycles. The molecule has 5 nitrogen and oxygen atoms in total. The molecule has 132 valence electrons. The predicted octanol–water partition coefficient (Wildman–Crippen LogP) is 3.73. The lowest BCUT2D eigenvalue weighted by Crippen LogP contribution is -2.39. The van der Waals surface area contributed by atoms with Crippen molar-refractivity contribution in [3.63, 3.8) is 0 Å². The van der Waals surface area contributed by atoms with Crippen LogP contribution < -0.4 is 10.6 Å². The van der Waals surface area contributed by atoms with Crippen molar-refractivity contribution < 1.29 is 19.1 Å². The highest BCUT2D eigenvalue weighted by Crippen LogP contribution is 2.16. The molecule has 0 aliphatic carbocycles. The Morgan fingerprint density at radius 2 is 1.88 bits per heavy atom. The molecule has 6 heteroatoms. The summed E-state index contributed by atoms with van der Waals surface area (Å²) < 4.78 is 13.3. The number of carboxylic acids is 1. The maximum Gasteiger partial charge on any atom is 0.319 e. The molecule has 2 rings (SSSR count). The Bertz CT molecular complexity index is 735. The number of nitrogens with one attached hydrogen (secondary N) is 2. The number of rotatable bonds is 7. The SMILES string of the molecule is Cc1ccc(F)cc1NC(=O)NC(CCC(=O)O)Cc1ccccc1. The summed E-state index contributed by atoms with van der Waals surface area (Å²) in [5.74, 6) is -1.35. The molecule has 1 unspecified atom stereocenters. The van der Waals surface area contributed by atoms with Crippen LogP contribution >= 0.6 is 0 Å². The summed E-state index contributed by atoms with van der Waals surface area (Å²) in [6, 6.07) is 12.8. The molecule has 1 atom stereocenters. The van der Waals surface area contributed by atoms with Crippen LogP contribution in [0.5, 0.6) is 0 Å². The molecular formula is C19H21FN2O3. The van der Waals surface area contributed by atoms with E-state index in [0.29, 0.717) is 18.5 Å². The van der Waals surface area contributed by atoms with Crippen molar-refractivity contribution in [3.05, 3.63) is 65.5 Å². The van der Waals surface area contributed by atoms with E-state index >= 15 is 0 Å². The second kappa shape index (κ2) is 8.82. The number of aryl methyl sites for hydroxylation is 1. The largest absolute Gasteiger partial charge is 0.481 e. The Kier molecular flexibility index (Phi) is 6.51. The van der Waals surface area contributed by atoms with Gasteiger partial charge in [0.1, 0.15) is 5.82 Å². The van der Waals surface area contributed by atoms with Gasteiger partial charge in [-0.2, -0.15) is 0 Å². The number of carbonyl (C=O) groups excluding carboxylic acids is 1. The van der Waals surface area contributed by atoms with Crippen molar-refractivity contribution in [2.45, 2.75) is 32.2 Å². The highest BCUT2D eigenvalue weighted by Gasteiger charge is 2.15. The minimum Gasteiger partial charge on any atom is -0.481 e. The number of amides is 2. The van der Waals surface area contributed by atoms with Gasteiger partial charge in [-0.15, -0.1) is 0 Å². The first-order valence-electron chi connectivity index (χ1n) is 8.03. The molecule has 0 spiro atoms. The van der Waals surface area contributed by atoms with Crippen LogP contribution in [0.4, 0.5) is 14.9 Å².